The number of para-hydroxylation sites is 1. The number of nitriles is 1. The van der Waals surface area contributed by atoms with Crippen LogP contribution >= 0.6 is 0 Å². The number of methoxy groups -OCH3 is 1. The molecule has 0 saturated carbocycles. The van der Waals surface area contributed by atoms with E-state index in [1.165, 1.54) is 31.4 Å². The van der Waals surface area contributed by atoms with E-state index in [-0.39, 0.29) is 16.9 Å². The van der Waals surface area contributed by atoms with E-state index >= 15 is 0 Å². The number of esters is 1. The molecule has 0 bridgehead atoms. The van der Waals surface area contributed by atoms with Gasteiger partial charge in [0.1, 0.15) is 11.6 Å². The molecule has 2 aromatic rings. The van der Waals surface area contributed by atoms with E-state index in [0.717, 1.165) is 18.3 Å². The fourth-order valence-corrected chi connectivity index (χ4v) is 2.16. The highest BCUT2D eigenvalue weighted by Gasteiger charge is 2.30. The number of hydrogen-bond donors (Lipinski definition) is 2. The largest absolute Gasteiger partial charge is 0.465 e. The Labute approximate surface area is 158 Å². The average molecular weight is 389 g/mol. The summed E-state index contributed by atoms with van der Waals surface area (Å²) in [6.45, 7) is 0. The van der Waals surface area contributed by atoms with Gasteiger partial charge in [0.05, 0.1) is 23.9 Å². The summed E-state index contributed by atoms with van der Waals surface area (Å²) in [6, 6.07) is 11.9. The van der Waals surface area contributed by atoms with Crippen molar-refractivity contribution in [3.8, 4) is 6.07 Å². The molecular formula is C19H14F3N3O3. The number of hydrogen-bond acceptors (Lipinski definition) is 5. The second kappa shape index (κ2) is 8.73. The zero-order valence-electron chi connectivity index (χ0n) is 14.5. The van der Waals surface area contributed by atoms with Crippen LogP contribution in [0.15, 0.2) is 60.3 Å². The van der Waals surface area contributed by atoms with Crippen molar-refractivity contribution in [2.45, 2.75) is 6.18 Å². The number of nitrogens with one attached hydrogen (secondary N) is 2. The summed E-state index contributed by atoms with van der Waals surface area (Å²) in [5, 5.41) is 14.1. The van der Waals surface area contributed by atoms with Gasteiger partial charge in [0, 0.05) is 11.9 Å². The zero-order valence-corrected chi connectivity index (χ0v) is 14.5. The van der Waals surface area contributed by atoms with E-state index < -0.39 is 29.2 Å². The second-order valence-corrected chi connectivity index (χ2v) is 5.38. The molecule has 2 aromatic carbocycles. The molecule has 2 N–H and O–H groups in total. The van der Waals surface area contributed by atoms with Crippen LogP contribution in [0.3, 0.4) is 0 Å². The maximum Gasteiger partial charge on any atom is 0.416 e. The van der Waals surface area contributed by atoms with E-state index in [2.05, 4.69) is 15.4 Å². The first kappa shape index (κ1) is 20.5. The number of alkyl halides is 3. The fourth-order valence-electron chi connectivity index (χ4n) is 2.16. The third-order valence-electron chi connectivity index (χ3n) is 3.52. The Morgan fingerprint density at radius 2 is 1.86 bits per heavy atom. The summed E-state index contributed by atoms with van der Waals surface area (Å²) >= 11 is 0. The molecule has 0 spiro atoms. The van der Waals surface area contributed by atoms with Gasteiger partial charge >= 0.3 is 12.1 Å². The monoisotopic (exact) mass is 389 g/mol. The highest BCUT2D eigenvalue weighted by molar-refractivity contribution is 6.09. The van der Waals surface area contributed by atoms with Crippen LogP contribution in [0.5, 0.6) is 0 Å². The van der Waals surface area contributed by atoms with Crippen molar-refractivity contribution in [1.29, 1.82) is 5.26 Å². The molecule has 0 fully saturated rings. The Balaban J connectivity index is 2.19. The minimum atomic E-state index is -4.52. The number of carbonyl (C=O) groups is 2. The van der Waals surface area contributed by atoms with Crippen molar-refractivity contribution >= 4 is 23.3 Å². The molecule has 9 heteroatoms. The van der Waals surface area contributed by atoms with Crippen molar-refractivity contribution in [2.75, 3.05) is 17.7 Å². The summed E-state index contributed by atoms with van der Waals surface area (Å²) in [4.78, 5) is 24.0. The predicted molar refractivity (Wildman–Crippen MR) is 95.2 cm³/mol. The van der Waals surface area contributed by atoms with Crippen LogP contribution in [-0.4, -0.2) is 19.0 Å². The summed E-state index contributed by atoms with van der Waals surface area (Å²) in [7, 11) is 1.18. The Hall–Kier alpha value is -3.80. The van der Waals surface area contributed by atoms with Crippen molar-refractivity contribution in [3.63, 3.8) is 0 Å². The third kappa shape index (κ3) is 5.11. The molecule has 28 heavy (non-hydrogen) atoms. The average Bonchev–Trinajstić information content (AvgIpc) is 2.68. The quantitative estimate of drug-likeness (QED) is 0.459. The first-order valence-electron chi connectivity index (χ1n) is 7.79. The number of anilines is 2. The van der Waals surface area contributed by atoms with Crippen LogP contribution < -0.4 is 10.6 Å². The molecule has 1 amide bonds. The van der Waals surface area contributed by atoms with Gasteiger partial charge < -0.3 is 15.4 Å². The van der Waals surface area contributed by atoms with Crippen LogP contribution in [0.4, 0.5) is 24.5 Å². The molecule has 0 unspecified atom stereocenters. The van der Waals surface area contributed by atoms with Gasteiger partial charge in [0.15, 0.2) is 0 Å². The minimum absolute atomic E-state index is 0.0466. The lowest BCUT2D eigenvalue weighted by molar-refractivity contribution is -0.137. The number of ether oxygens (including phenoxy) is 1. The van der Waals surface area contributed by atoms with Crippen LogP contribution in [0, 0.1) is 11.3 Å². The SMILES string of the molecule is COC(=O)c1ccccc1NC(=O)/C(C#N)=C\Nc1cccc(C(F)(F)F)c1. The molecule has 0 aromatic heterocycles. The molecule has 0 atom stereocenters. The summed E-state index contributed by atoms with van der Waals surface area (Å²) in [6.07, 6.45) is -3.54. The topological polar surface area (TPSA) is 91.2 Å². The van der Waals surface area contributed by atoms with E-state index in [4.69, 9.17) is 0 Å². The normalized spacial score (nSPS) is 11.3. The Morgan fingerprint density at radius 1 is 1.14 bits per heavy atom. The van der Waals surface area contributed by atoms with E-state index in [0.29, 0.717) is 0 Å². The Bertz CT molecular complexity index is 963. The lowest BCUT2D eigenvalue weighted by Crippen LogP contribution is -2.17. The molecule has 0 saturated heterocycles. The number of nitrogens with zero attached hydrogens (tertiary/aromatic N) is 1. The third-order valence-corrected chi connectivity index (χ3v) is 3.52. The van der Waals surface area contributed by atoms with Crippen molar-refractivity contribution in [2.24, 2.45) is 0 Å². The van der Waals surface area contributed by atoms with Gasteiger partial charge in [-0.15, -0.1) is 0 Å². The lowest BCUT2D eigenvalue weighted by Gasteiger charge is -2.10. The number of benzene rings is 2. The molecule has 144 valence electrons. The van der Waals surface area contributed by atoms with Crippen LogP contribution in [0.1, 0.15) is 15.9 Å². The van der Waals surface area contributed by atoms with Gasteiger partial charge in [-0.1, -0.05) is 18.2 Å². The molecule has 0 heterocycles. The molecule has 0 aliphatic heterocycles. The Kier molecular flexibility index (Phi) is 6.39. The maximum absolute atomic E-state index is 12.7. The van der Waals surface area contributed by atoms with Crippen LogP contribution in [-0.2, 0) is 15.7 Å². The highest BCUT2D eigenvalue weighted by Crippen LogP contribution is 2.30. The molecule has 0 aliphatic rings. The summed E-state index contributed by atoms with van der Waals surface area (Å²) < 4.78 is 42.8. The number of carbonyl (C=O) groups excluding carboxylic acids is 2. The fraction of sp³-hybridized carbons (Fsp3) is 0.105. The van der Waals surface area contributed by atoms with Gasteiger partial charge in [0.25, 0.3) is 5.91 Å². The number of rotatable bonds is 5. The standard InChI is InChI=1S/C19H14F3N3O3/c1-28-18(27)15-7-2-3-8-16(15)25-17(26)12(10-23)11-24-14-6-4-5-13(9-14)19(20,21)22/h2-9,11,24H,1H3,(H,25,26)/b12-11-. The predicted octanol–water partition coefficient (Wildman–Crippen LogP) is 3.95. The summed E-state index contributed by atoms with van der Waals surface area (Å²) in [5.74, 6) is -1.53. The first-order valence-corrected chi connectivity index (χ1v) is 7.79. The van der Waals surface area contributed by atoms with Crippen molar-refractivity contribution < 1.29 is 27.5 Å². The maximum atomic E-state index is 12.7. The van der Waals surface area contributed by atoms with Gasteiger partial charge in [0.2, 0.25) is 0 Å². The lowest BCUT2D eigenvalue weighted by atomic mass is 10.1. The van der Waals surface area contributed by atoms with E-state index in [1.54, 1.807) is 18.2 Å². The molecule has 6 nitrogen and oxygen atoms in total. The highest BCUT2D eigenvalue weighted by atomic mass is 19.4. The van der Waals surface area contributed by atoms with Gasteiger partial charge in [-0.05, 0) is 30.3 Å². The van der Waals surface area contributed by atoms with E-state index in [9.17, 15) is 28.0 Å². The van der Waals surface area contributed by atoms with Crippen molar-refractivity contribution in [3.05, 3.63) is 71.4 Å². The molecule has 0 aliphatic carbocycles. The molecule has 0 radical (unpaired) electrons. The van der Waals surface area contributed by atoms with Gasteiger partial charge in [-0.25, -0.2) is 4.79 Å². The van der Waals surface area contributed by atoms with Crippen LogP contribution in [0.25, 0.3) is 0 Å². The van der Waals surface area contributed by atoms with Crippen LogP contribution in [0.2, 0.25) is 0 Å². The number of halogens is 3. The van der Waals surface area contributed by atoms with Gasteiger partial charge in [-0.2, -0.15) is 18.4 Å². The smallest absolute Gasteiger partial charge is 0.416 e. The van der Waals surface area contributed by atoms with Crippen molar-refractivity contribution in [1.82, 2.24) is 0 Å². The summed E-state index contributed by atoms with van der Waals surface area (Å²) in [5.41, 5.74) is -1.02. The zero-order chi connectivity index (χ0) is 20.7. The number of amides is 1. The minimum Gasteiger partial charge on any atom is -0.465 e. The first-order chi connectivity index (χ1) is 13.3. The molecule has 2 rings (SSSR count). The van der Waals surface area contributed by atoms with E-state index in [1.807, 2.05) is 0 Å². The Morgan fingerprint density at radius 3 is 2.50 bits per heavy atom. The van der Waals surface area contributed by atoms with Gasteiger partial charge in [-0.3, -0.25) is 4.79 Å². The second-order valence-electron chi connectivity index (χ2n) is 5.38. The molecular weight excluding hydrogens is 375 g/mol.